The first kappa shape index (κ1) is 13.2. The Labute approximate surface area is 125 Å². The molecule has 0 bridgehead atoms. The summed E-state index contributed by atoms with van der Waals surface area (Å²) in [6.45, 7) is 4.46. The van der Waals surface area contributed by atoms with Gasteiger partial charge in [0.05, 0.1) is 0 Å². The highest BCUT2D eigenvalue weighted by molar-refractivity contribution is 5.71. The molecule has 0 amide bonds. The second-order valence-corrected chi connectivity index (χ2v) is 6.43. The first-order valence-corrected chi connectivity index (χ1v) is 8.05. The van der Waals surface area contributed by atoms with Gasteiger partial charge in [0.15, 0.2) is 5.65 Å². The van der Waals surface area contributed by atoms with Crippen LogP contribution in [0.2, 0.25) is 0 Å². The van der Waals surface area contributed by atoms with E-state index in [1.807, 2.05) is 12.3 Å². The highest BCUT2D eigenvalue weighted by Crippen LogP contribution is 2.32. The molecule has 2 aliphatic heterocycles. The number of likely N-dealkylation sites (N-methyl/N-ethyl adjacent to an activating group) is 1. The predicted octanol–water partition coefficient (Wildman–Crippen LogP) is 1.77. The minimum Gasteiger partial charge on any atom is -0.315 e. The van der Waals surface area contributed by atoms with Gasteiger partial charge in [0.25, 0.3) is 0 Å². The van der Waals surface area contributed by atoms with Crippen LogP contribution in [0.3, 0.4) is 0 Å². The molecule has 0 spiro atoms. The molecule has 5 heteroatoms. The van der Waals surface area contributed by atoms with Crippen molar-refractivity contribution in [2.45, 2.75) is 31.2 Å². The van der Waals surface area contributed by atoms with Crippen LogP contribution in [0.4, 0.5) is 0 Å². The Bertz CT molecular complexity index is 629. The van der Waals surface area contributed by atoms with Gasteiger partial charge in [-0.25, -0.2) is 9.97 Å². The summed E-state index contributed by atoms with van der Waals surface area (Å²) in [5.74, 6) is 1.80. The van der Waals surface area contributed by atoms with Crippen molar-refractivity contribution >= 4 is 11.2 Å². The molecule has 0 aromatic carbocycles. The molecule has 0 aliphatic carbocycles. The summed E-state index contributed by atoms with van der Waals surface area (Å²) in [6.07, 6.45) is 5.56. The zero-order valence-corrected chi connectivity index (χ0v) is 12.6. The number of likely N-dealkylation sites (tertiary alicyclic amines) is 1. The van der Waals surface area contributed by atoms with Gasteiger partial charge in [-0.1, -0.05) is 0 Å². The van der Waals surface area contributed by atoms with Crippen molar-refractivity contribution in [3.8, 4) is 0 Å². The zero-order chi connectivity index (χ0) is 14.2. The van der Waals surface area contributed by atoms with Crippen molar-refractivity contribution in [1.82, 2.24) is 24.8 Å². The summed E-state index contributed by atoms with van der Waals surface area (Å²) in [7, 11) is 2.20. The predicted molar refractivity (Wildman–Crippen MR) is 83.5 cm³/mol. The third-order valence-corrected chi connectivity index (χ3v) is 4.87. The largest absolute Gasteiger partial charge is 0.315 e. The average Bonchev–Trinajstić information content (AvgIpc) is 3.11. The van der Waals surface area contributed by atoms with Gasteiger partial charge in [-0.2, -0.15) is 0 Å². The Morgan fingerprint density at radius 1 is 1.33 bits per heavy atom. The van der Waals surface area contributed by atoms with E-state index in [-0.39, 0.29) is 0 Å². The van der Waals surface area contributed by atoms with Crippen molar-refractivity contribution in [1.29, 1.82) is 0 Å². The highest BCUT2D eigenvalue weighted by atomic mass is 15.2. The molecule has 2 aliphatic rings. The lowest BCUT2D eigenvalue weighted by atomic mass is 10.0. The van der Waals surface area contributed by atoms with Gasteiger partial charge >= 0.3 is 0 Å². The number of nitrogens with zero attached hydrogens (tertiary/aromatic N) is 4. The standard InChI is InChI=1S/C16H23N5/c1-20-9-6-12(11-20)15-19-14-5-3-8-18-16(14)21(15)13-4-2-7-17-10-13/h3,5,8,12-13,17H,2,4,6-7,9-11H2,1H3. The average molecular weight is 285 g/mol. The number of hydrogen-bond donors (Lipinski definition) is 1. The van der Waals surface area contributed by atoms with Crippen molar-refractivity contribution in [2.75, 3.05) is 33.2 Å². The smallest absolute Gasteiger partial charge is 0.160 e. The fourth-order valence-corrected chi connectivity index (χ4v) is 3.79. The van der Waals surface area contributed by atoms with E-state index in [4.69, 9.17) is 4.98 Å². The molecule has 2 fully saturated rings. The van der Waals surface area contributed by atoms with Crippen LogP contribution >= 0.6 is 0 Å². The van der Waals surface area contributed by atoms with Gasteiger partial charge in [-0.15, -0.1) is 0 Å². The van der Waals surface area contributed by atoms with E-state index in [0.29, 0.717) is 12.0 Å². The monoisotopic (exact) mass is 285 g/mol. The lowest BCUT2D eigenvalue weighted by molar-refractivity contribution is 0.359. The molecule has 0 radical (unpaired) electrons. The highest BCUT2D eigenvalue weighted by Gasteiger charge is 2.30. The summed E-state index contributed by atoms with van der Waals surface area (Å²) in [4.78, 5) is 12.0. The first-order valence-electron chi connectivity index (χ1n) is 8.05. The van der Waals surface area contributed by atoms with Gasteiger partial charge in [0.2, 0.25) is 0 Å². The summed E-state index contributed by atoms with van der Waals surface area (Å²) in [5, 5.41) is 3.53. The van der Waals surface area contributed by atoms with E-state index < -0.39 is 0 Å². The summed E-state index contributed by atoms with van der Waals surface area (Å²) < 4.78 is 2.44. The van der Waals surface area contributed by atoms with E-state index in [1.54, 1.807) is 0 Å². The van der Waals surface area contributed by atoms with Gasteiger partial charge in [0.1, 0.15) is 11.3 Å². The molecule has 5 nitrogen and oxygen atoms in total. The molecule has 21 heavy (non-hydrogen) atoms. The van der Waals surface area contributed by atoms with Crippen LogP contribution in [0.25, 0.3) is 11.2 Å². The molecule has 1 N–H and O–H groups in total. The molecular formula is C16H23N5. The molecule has 112 valence electrons. The maximum atomic E-state index is 4.95. The third-order valence-electron chi connectivity index (χ3n) is 4.87. The topological polar surface area (TPSA) is 46.0 Å². The SMILES string of the molecule is CN1CCC(c2nc3cccnc3n2C2CCCNC2)C1. The number of piperidine rings is 1. The van der Waals surface area contributed by atoms with Crippen molar-refractivity contribution in [3.05, 3.63) is 24.2 Å². The number of aromatic nitrogens is 3. The van der Waals surface area contributed by atoms with Crippen LogP contribution in [-0.4, -0.2) is 52.7 Å². The molecular weight excluding hydrogens is 262 g/mol. The van der Waals surface area contributed by atoms with Crippen LogP contribution < -0.4 is 5.32 Å². The van der Waals surface area contributed by atoms with Crippen LogP contribution in [0.5, 0.6) is 0 Å². The minimum atomic E-state index is 0.500. The number of rotatable bonds is 2. The normalized spacial score (nSPS) is 27.5. The van der Waals surface area contributed by atoms with Crippen molar-refractivity contribution in [2.24, 2.45) is 0 Å². The minimum absolute atomic E-state index is 0.500. The van der Waals surface area contributed by atoms with Crippen LogP contribution in [-0.2, 0) is 0 Å². The maximum absolute atomic E-state index is 4.95. The van der Waals surface area contributed by atoms with E-state index in [9.17, 15) is 0 Å². The number of fused-ring (bicyclic) bond motifs is 1. The van der Waals surface area contributed by atoms with Crippen molar-refractivity contribution in [3.63, 3.8) is 0 Å². The summed E-state index contributed by atoms with van der Waals surface area (Å²) >= 11 is 0. The number of imidazole rings is 1. The molecule has 2 saturated heterocycles. The Morgan fingerprint density at radius 3 is 3.05 bits per heavy atom. The maximum Gasteiger partial charge on any atom is 0.160 e. The van der Waals surface area contributed by atoms with E-state index >= 15 is 0 Å². The van der Waals surface area contributed by atoms with E-state index in [0.717, 1.165) is 30.8 Å². The summed E-state index contributed by atoms with van der Waals surface area (Å²) in [6, 6.07) is 4.58. The second kappa shape index (κ2) is 5.39. The van der Waals surface area contributed by atoms with Gasteiger partial charge in [-0.05, 0) is 51.5 Å². The van der Waals surface area contributed by atoms with Crippen molar-refractivity contribution < 1.29 is 0 Å². The molecule has 0 saturated carbocycles. The second-order valence-electron chi connectivity index (χ2n) is 6.43. The molecule has 2 aromatic heterocycles. The fraction of sp³-hybridized carbons (Fsp3) is 0.625. The Balaban J connectivity index is 1.80. The Morgan fingerprint density at radius 2 is 2.29 bits per heavy atom. The Hall–Kier alpha value is -1.46. The molecule has 2 aromatic rings. The first-order chi connectivity index (χ1) is 10.3. The molecule has 4 rings (SSSR count). The molecule has 2 unspecified atom stereocenters. The number of nitrogens with one attached hydrogen (secondary N) is 1. The van der Waals surface area contributed by atoms with Crippen LogP contribution in [0.1, 0.15) is 37.0 Å². The van der Waals surface area contributed by atoms with E-state index in [1.165, 1.54) is 31.6 Å². The van der Waals surface area contributed by atoms with Crippen LogP contribution in [0, 0.1) is 0 Å². The molecule has 2 atom stereocenters. The van der Waals surface area contributed by atoms with Crippen LogP contribution in [0.15, 0.2) is 18.3 Å². The lowest BCUT2D eigenvalue weighted by Crippen LogP contribution is -2.33. The van der Waals surface area contributed by atoms with E-state index in [2.05, 4.69) is 32.9 Å². The number of pyridine rings is 1. The molecule has 4 heterocycles. The van der Waals surface area contributed by atoms with Gasteiger partial charge in [0, 0.05) is 31.2 Å². The third kappa shape index (κ3) is 2.34. The fourth-order valence-electron chi connectivity index (χ4n) is 3.79. The number of hydrogen-bond acceptors (Lipinski definition) is 4. The lowest BCUT2D eigenvalue weighted by Gasteiger charge is -2.27. The quantitative estimate of drug-likeness (QED) is 0.913. The summed E-state index contributed by atoms with van der Waals surface area (Å²) in [5.41, 5.74) is 2.11. The van der Waals surface area contributed by atoms with Gasteiger partial charge in [-0.3, -0.25) is 0 Å². The van der Waals surface area contributed by atoms with Gasteiger partial charge < -0.3 is 14.8 Å². The Kier molecular flexibility index (Phi) is 3.39. The zero-order valence-electron chi connectivity index (χ0n) is 12.6.